The Morgan fingerprint density at radius 2 is 2.50 bits per heavy atom. The van der Waals surface area contributed by atoms with Crippen LogP contribution in [0.2, 0.25) is 0 Å². The van der Waals surface area contributed by atoms with E-state index in [-0.39, 0.29) is 6.04 Å². The lowest BCUT2D eigenvalue weighted by molar-refractivity contribution is 0.351. The molecule has 2 N–H and O–H groups in total. The van der Waals surface area contributed by atoms with Crippen molar-refractivity contribution in [1.82, 2.24) is 10.1 Å². The molecule has 0 aromatic carbocycles. The van der Waals surface area contributed by atoms with Gasteiger partial charge in [-0.05, 0) is 6.42 Å². The fraction of sp³-hybridized carbons (Fsp3) is 0.500. The van der Waals surface area contributed by atoms with Gasteiger partial charge in [-0.1, -0.05) is 18.2 Å². The number of nitrogens with zero attached hydrogens (tertiary/aromatic N) is 2. The quantitative estimate of drug-likeness (QED) is 0.684. The van der Waals surface area contributed by atoms with Crippen molar-refractivity contribution in [2.24, 2.45) is 5.73 Å². The second kappa shape index (κ2) is 4.01. The first kappa shape index (κ1) is 8.93. The number of nitrogens with two attached hydrogens (primary N) is 1. The van der Waals surface area contributed by atoms with Crippen LogP contribution in [0.1, 0.15) is 31.1 Å². The molecule has 0 bridgehead atoms. The summed E-state index contributed by atoms with van der Waals surface area (Å²) < 4.78 is 4.94. The van der Waals surface area contributed by atoms with Gasteiger partial charge >= 0.3 is 0 Å². The van der Waals surface area contributed by atoms with Gasteiger partial charge in [0.05, 0.1) is 6.04 Å². The predicted octanol–water partition coefficient (Wildman–Crippen LogP) is 1.21. The normalized spacial score (nSPS) is 12.8. The molecular weight excluding hydrogens is 154 g/mol. The van der Waals surface area contributed by atoms with Gasteiger partial charge in [0.1, 0.15) is 0 Å². The van der Waals surface area contributed by atoms with Gasteiger partial charge in [0, 0.05) is 6.42 Å². The minimum Gasteiger partial charge on any atom is -0.338 e. The van der Waals surface area contributed by atoms with E-state index < -0.39 is 0 Å². The van der Waals surface area contributed by atoms with E-state index >= 15 is 0 Å². The van der Waals surface area contributed by atoms with Crippen molar-refractivity contribution in [1.29, 1.82) is 0 Å². The van der Waals surface area contributed by atoms with Crippen molar-refractivity contribution >= 4 is 0 Å². The van der Waals surface area contributed by atoms with Crippen LogP contribution in [-0.2, 0) is 6.42 Å². The Morgan fingerprint density at radius 1 is 1.75 bits per heavy atom. The van der Waals surface area contributed by atoms with E-state index in [9.17, 15) is 0 Å². The molecule has 0 spiro atoms. The molecule has 1 aromatic rings. The molecule has 4 heteroatoms. The van der Waals surface area contributed by atoms with Gasteiger partial charge in [-0.2, -0.15) is 4.98 Å². The van der Waals surface area contributed by atoms with Crippen LogP contribution >= 0.6 is 0 Å². The summed E-state index contributed by atoms with van der Waals surface area (Å²) in [4.78, 5) is 4.10. The smallest absolute Gasteiger partial charge is 0.243 e. The summed E-state index contributed by atoms with van der Waals surface area (Å²) in [6, 6.07) is -0.213. The third-order valence-corrected chi connectivity index (χ3v) is 1.54. The molecule has 12 heavy (non-hydrogen) atoms. The number of aryl methyl sites for hydroxylation is 1. The van der Waals surface area contributed by atoms with Crippen LogP contribution in [0.15, 0.2) is 17.2 Å². The predicted molar refractivity (Wildman–Crippen MR) is 45.4 cm³/mol. The van der Waals surface area contributed by atoms with Crippen molar-refractivity contribution < 1.29 is 4.52 Å². The average Bonchev–Trinajstić information content (AvgIpc) is 2.52. The molecule has 0 aliphatic rings. The Bertz CT molecular complexity index is 257. The van der Waals surface area contributed by atoms with Crippen LogP contribution in [0, 0.1) is 0 Å². The van der Waals surface area contributed by atoms with E-state index in [1.54, 1.807) is 6.08 Å². The van der Waals surface area contributed by atoms with Gasteiger partial charge in [-0.3, -0.25) is 0 Å². The van der Waals surface area contributed by atoms with Gasteiger partial charge in [0.2, 0.25) is 5.89 Å². The summed E-state index contributed by atoms with van der Waals surface area (Å²) in [7, 11) is 0. The van der Waals surface area contributed by atoms with Gasteiger partial charge in [0.15, 0.2) is 5.82 Å². The van der Waals surface area contributed by atoms with Crippen molar-refractivity contribution in [3.63, 3.8) is 0 Å². The molecule has 1 heterocycles. The first-order valence-electron chi connectivity index (χ1n) is 3.96. The lowest BCUT2D eigenvalue weighted by atomic mass is 10.2. The van der Waals surface area contributed by atoms with Gasteiger partial charge in [-0.15, -0.1) is 6.58 Å². The van der Waals surface area contributed by atoms with Crippen LogP contribution in [0.4, 0.5) is 0 Å². The number of rotatable bonds is 4. The summed E-state index contributed by atoms with van der Waals surface area (Å²) >= 11 is 0. The topological polar surface area (TPSA) is 64.9 Å². The molecule has 0 saturated heterocycles. The molecule has 0 radical (unpaired) electrons. The molecule has 4 nitrogen and oxygen atoms in total. The van der Waals surface area contributed by atoms with Crippen LogP contribution in [0.25, 0.3) is 0 Å². The second-order valence-electron chi connectivity index (χ2n) is 2.53. The molecule has 0 fully saturated rings. The van der Waals surface area contributed by atoms with E-state index in [1.165, 1.54) is 0 Å². The highest BCUT2D eigenvalue weighted by Gasteiger charge is 2.11. The maximum Gasteiger partial charge on any atom is 0.243 e. The highest BCUT2D eigenvalue weighted by atomic mass is 16.5. The molecule has 0 saturated carbocycles. The fourth-order valence-corrected chi connectivity index (χ4v) is 0.842. The lowest BCUT2D eigenvalue weighted by Crippen LogP contribution is -2.09. The van der Waals surface area contributed by atoms with Crippen molar-refractivity contribution in [3.05, 3.63) is 24.4 Å². The minimum absolute atomic E-state index is 0.213. The van der Waals surface area contributed by atoms with Crippen LogP contribution < -0.4 is 5.73 Å². The Kier molecular flexibility index (Phi) is 2.99. The monoisotopic (exact) mass is 167 g/mol. The Hall–Kier alpha value is -1.16. The Labute approximate surface area is 71.5 Å². The van der Waals surface area contributed by atoms with Gasteiger partial charge in [-0.25, -0.2) is 0 Å². The maximum atomic E-state index is 5.71. The fourth-order valence-electron chi connectivity index (χ4n) is 0.842. The molecular formula is C8H13N3O. The standard InChI is InChI=1S/C8H13N3O/c1-3-5-6(9)8-10-7(4-2)11-12-8/h3,6H,1,4-5,9H2,2H3. The van der Waals surface area contributed by atoms with Gasteiger partial charge in [0.25, 0.3) is 0 Å². The summed E-state index contributed by atoms with van der Waals surface area (Å²) in [5.74, 6) is 1.19. The molecule has 0 aliphatic carbocycles. The molecule has 1 unspecified atom stereocenters. The zero-order valence-electron chi connectivity index (χ0n) is 7.16. The lowest BCUT2D eigenvalue weighted by Gasteiger charge is -1.99. The zero-order valence-corrected chi connectivity index (χ0v) is 7.16. The molecule has 1 atom stereocenters. The summed E-state index contributed by atoms with van der Waals surface area (Å²) in [5, 5.41) is 3.74. The highest BCUT2D eigenvalue weighted by molar-refractivity contribution is 4.93. The second-order valence-corrected chi connectivity index (χ2v) is 2.53. The van der Waals surface area contributed by atoms with Crippen molar-refractivity contribution in [2.45, 2.75) is 25.8 Å². The molecule has 0 amide bonds. The Balaban J connectivity index is 2.67. The maximum absolute atomic E-state index is 5.71. The van der Waals surface area contributed by atoms with Gasteiger partial charge < -0.3 is 10.3 Å². The molecule has 1 aromatic heterocycles. The van der Waals surface area contributed by atoms with Crippen LogP contribution in [0.5, 0.6) is 0 Å². The van der Waals surface area contributed by atoms with E-state index in [0.717, 1.165) is 6.42 Å². The summed E-state index contributed by atoms with van der Waals surface area (Å²) in [6.07, 6.45) is 3.16. The van der Waals surface area contributed by atoms with E-state index in [4.69, 9.17) is 10.3 Å². The van der Waals surface area contributed by atoms with Crippen molar-refractivity contribution in [2.75, 3.05) is 0 Å². The van der Waals surface area contributed by atoms with Crippen LogP contribution in [0.3, 0.4) is 0 Å². The van der Waals surface area contributed by atoms with Crippen molar-refractivity contribution in [3.8, 4) is 0 Å². The third kappa shape index (κ3) is 1.92. The largest absolute Gasteiger partial charge is 0.338 e. The van der Waals surface area contributed by atoms with E-state index in [1.807, 2.05) is 6.92 Å². The van der Waals surface area contributed by atoms with E-state index in [0.29, 0.717) is 18.1 Å². The number of hydrogen-bond acceptors (Lipinski definition) is 4. The molecule has 66 valence electrons. The number of hydrogen-bond donors (Lipinski definition) is 1. The first-order chi connectivity index (χ1) is 5.77. The van der Waals surface area contributed by atoms with E-state index in [2.05, 4.69) is 16.7 Å². The SMILES string of the molecule is C=CCC(N)c1nc(CC)no1. The Morgan fingerprint density at radius 3 is 3.00 bits per heavy atom. The summed E-state index contributed by atoms with van der Waals surface area (Å²) in [6.45, 7) is 5.55. The highest BCUT2D eigenvalue weighted by Crippen LogP contribution is 2.11. The first-order valence-corrected chi connectivity index (χ1v) is 3.96. The van der Waals surface area contributed by atoms with Crippen LogP contribution in [-0.4, -0.2) is 10.1 Å². The average molecular weight is 167 g/mol. The third-order valence-electron chi connectivity index (χ3n) is 1.54. The molecule has 0 aliphatic heterocycles. The molecule has 1 rings (SSSR count). The summed E-state index contributed by atoms with van der Waals surface area (Å²) in [5.41, 5.74) is 5.71. The zero-order chi connectivity index (χ0) is 8.97. The number of aromatic nitrogens is 2. The minimum atomic E-state index is -0.213.